The van der Waals surface area contributed by atoms with Gasteiger partial charge in [0.05, 0.1) is 23.6 Å². The summed E-state index contributed by atoms with van der Waals surface area (Å²) < 4.78 is 31.2. The van der Waals surface area contributed by atoms with Crippen LogP contribution in [0.2, 0.25) is 0 Å². The number of nitrogens with zero attached hydrogens (tertiary/aromatic N) is 1. The lowest BCUT2D eigenvalue weighted by Crippen LogP contribution is -2.38. The standard InChI is InChI=1S/C13H16F2N2O4/c1-3-4-8(7-21-2)16-13(18)9-5-10(14)11(15)6-12(9)17(19)20/h5-6,8H,3-4,7H2,1-2H3,(H,16,18). The summed E-state index contributed by atoms with van der Waals surface area (Å²) in [5.41, 5.74) is -1.30. The van der Waals surface area contributed by atoms with E-state index in [0.717, 1.165) is 6.42 Å². The third-order valence-electron chi connectivity index (χ3n) is 2.82. The zero-order valence-corrected chi connectivity index (χ0v) is 11.7. The van der Waals surface area contributed by atoms with Crippen molar-refractivity contribution in [3.05, 3.63) is 39.4 Å². The molecule has 1 unspecified atom stereocenters. The lowest BCUT2D eigenvalue weighted by molar-refractivity contribution is -0.385. The van der Waals surface area contributed by atoms with E-state index in [-0.39, 0.29) is 12.6 Å². The lowest BCUT2D eigenvalue weighted by Gasteiger charge is -2.17. The summed E-state index contributed by atoms with van der Waals surface area (Å²) in [4.78, 5) is 21.9. The van der Waals surface area contributed by atoms with E-state index in [2.05, 4.69) is 5.32 Å². The van der Waals surface area contributed by atoms with Crippen molar-refractivity contribution in [2.45, 2.75) is 25.8 Å². The Morgan fingerprint density at radius 1 is 1.43 bits per heavy atom. The monoisotopic (exact) mass is 302 g/mol. The number of methoxy groups -OCH3 is 1. The van der Waals surface area contributed by atoms with Crippen molar-refractivity contribution in [1.29, 1.82) is 0 Å². The molecule has 0 aliphatic heterocycles. The van der Waals surface area contributed by atoms with Crippen molar-refractivity contribution < 1.29 is 23.2 Å². The van der Waals surface area contributed by atoms with Gasteiger partial charge in [-0.15, -0.1) is 0 Å². The Labute approximate surface area is 120 Å². The van der Waals surface area contributed by atoms with Crippen LogP contribution in [0.4, 0.5) is 14.5 Å². The minimum Gasteiger partial charge on any atom is -0.383 e. The Hall–Kier alpha value is -2.09. The number of ether oxygens (including phenoxy) is 1. The Balaban J connectivity index is 3.05. The number of nitrogens with one attached hydrogen (secondary N) is 1. The molecule has 8 heteroatoms. The Kier molecular flexibility index (Phi) is 6.16. The molecule has 1 aromatic rings. The summed E-state index contributed by atoms with van der Waals surface area (Å²) >= 11 is 0. The Morgan fingerprint density at radius 3 is 2.57 bits per heavy atom. The number of carbonyl (C=O) groups is 1. The van der Waals surface area contributed by atoms with Crippen LogP contribution in [-0.4, -0.2) is 30.6 Å². The number of amides is 1. The van der Waals surface area contributed by atoms with Gasteiger partial charge in [-0.05, 0) is 12.5 Å². The third kappa shape index (κ3) is 4.45. The molecule has 6 nitrogen and oxygen atoms in total. The molecular formula is C13H16F2N2O4. The Bertz CT molecular complexity index is 531. The van der Waals surface area contributed by atoms with Gasteiger partial charge in [-0.3, -0.25) is 14.9 Å². The molecule has 116 valence electrons. The predicted octanol–water partition coefficient (Wildman–Crippen LogP) is 2.42. The summed E-state index contributed by atoms with van der Waals surface area (Å²) in [6, 6.07) is 0.564. The summed E-state index contributed by atoms with van der Waals surface area (Å²) in [5, 5.41) is 13.4. The second kappa shape index (κ2) is 7.63. The van der Waals surface area contributed by atoms with E-state index >= 15 is 0 Å². The van der Waals surface area contributed by atoms with Crippen LogP contribution in [0.5, 0.6) is 0 Å². The van der Waals surface area contributed by atoms with E-state index in [0.29, 0.717) is 18.6 Å². The van der Waals surface area contributed by atoms with Gasteiger partial charge < -0.3 is 10.1 Å². The number of benzene rings is 1. The van der Waals surface area contributed by atoms with Crippen LogP contribution >= 0.6 is 0 Å². The fraction of sp³-hybridized carbons (Fsp3) is 0.462. The molecule has 21 heavy (non-hydrogen) atoms. The second-order valence-electron chi connectivity index (χ2n) is 4.45. The number of hydrogen-bond donors (Lipinski definition) is 1. The number of carbonyl (C=O) groups excluding carboxylic acids is 1. The van der Waals surface area contributed by atoms with Crippen LogP contribution < -0.4 is 5.32 Å². The number of halogens is 2. The molecule has 0 aliphatic rings. The molecular weight excluding hydrogens is 286 g/mol. The molecule has 1 N–H and O–H groups in total. The fourth-order valence-electron chi connectivity index (χ4n) is 1.88. The Morgan fingerprint density at radius 2 is 2.05 bits per heavy atom. The largest absolute Gasteiger partial charge is 0.383 e. The molecule has 0 bridgehead atoms. The first-order chi connectivity index (χ1) is 9.90. The normalized spacial score (nSPS) is 12.0. The average molecular weight is 302 g/mol. The van der Waals surface area contributed by atoms with Crippen LogP contribution in [0.3, 0.4) is 0 Å². The number of hydrogen-bond acceptors (Lipinski definition) is 4. The first-order valence-electron chi connectivity index (χ1n) is 6.33. The maximum atomic E-state index is 13.2. The highest BCUT2D eigenvalue weighted by molar-refractivity contribution is 5.98. The van der Waals surface area contributed by atoms with Crippen LogP contribution in [0.15, 0.2) is 12.1 Å². The van der Waals surface area contributed by atoms with Gasteiger partial charge in [0.25, 0.3) is 11.6 Å². The highest BCUT2D eigenvalue weighted by Crippen LogP contribution is 2.22. The van der Waals surface area contributed by atoms with Gasteiger partial charge in [-0.1, -0.05) is 13.3 Å². The van der Waals surface area contributed by atoms with Crippen LogP contribution in [0.1, 0.15) is 30.1 Å². The van der Waals surface area contributed by atoms with E-state index < -0.39 is 33.7 Å². The first kappa shape index (κ1) is 17.0. The molecule has 0 saturated heterocycles. The van der Waals surface area contributed by atoms with Gasteiger partial charge in [-0.2, -0.15) is 0 Å². The molecule has 1 atom stereocenters. The van der Waals surface area contributed by atoms with Crippen LogP contribution in [-0.2, 0) is 4.74 Å². The minimum absolute atomic E-state index is 0.219. The van der Waals surface area contributed by atoms with Crippen molar-refractivity contribution in [2.75, 3.05) is 13.7 Å². The maximum absolute atomic E-state index is 13.2. The van der Waals surface area contributed by atoms with Gasteiger partial charge >= 0.3 is 0 Å². The third-order valence-corrected chi connectivity index (χ3v) is 2.82. The van der Waals surface area contributed by atoms with Crippen molar-refractivity contribution in [1.82, 2.24) is 5.32 Å². The molecule has 0 spiro atoms. The number of nitro benzene ring substituents is 1. The second-order valence-corrected chi connectivity index (χ2v) is 4.45. The SMILES string of the molecule is CCCC(COC)NC(=O)c1cc(F)c(F)cc1[N+](=O)[O-]. The van der Waals surface area contributed by atoms with Crippen molar-refractivity contribution in [3.63, 3.8) is 0 Å². The molecule has 0 heterocycles. The van der Waals surface area contributed by atoms with Gasteiger partial charge in [0.2, 0.25) is 0 Å². The quantitative estimate of drug-likeness (QED) is 0.619. The summed E-state index contributed by atoms with van der Waals surface area (Å²) in [5.74, 6) is -3.53. The molecule has 0 saturated carbocycles. The molecule has 1 amide bonds. The van der Waals surface area contributed by atoms with Crippen molar-refractivity contribution in [2.24, 2.45) is 0 Å². The maximum Gasteiger partial charge on any atom is 0.285 e. The van der Waals surface area contributed by atoms with Crippen LogP contribution in [0, 0.1) is 21.7 Å². The van der Waals surface area contributed by atoms with Gasteiger partial charge in [-0.25, -0.2) is 8.78 Å². The smallest absolute Gasteiger partial charge is 0.285 e. The molecule has 1 aromatic carbocycles. The van der Waals surface area contributed by atoms with E-state index in [4.69, 9.17) is 4.74 Å². The van der Waals surface area contributed by atoms with Crippen molar-refractivity contribution >= 4 is 11.6 Å². The average Bonchev–Trinajstić information content (AvgIpc) is 2.41. The van der Waals surface area contributed by atoms with E-state index in [1.54, 1.807) is 0 Å². The van der Waals surface area contributed by atoms with Crippen LogP contribution in [0.25, 0.3) is 0 Å². The predicted molar refractivity (Wildman–Crippen MR) is 71.1 cm³/mol. The number of nitro groups is 1. The highest BCUT2D eigenvalue weighted by atomic mass is 19.2. The highest BCUT2D eigenvalue weighted by Gasteiger charge is 2.25. The molecule has 1 rings (SSSR count). The zero-order valence-electron chi connectivity index (χ0n) is 11.7. The van der Waals surface area contributed by atoms with E-state index in [1.807, 2.05) is 6.92 Å². The zero-order chi connectivity index (χ0) is 16.0. The summed E-state index contributed by atoms with van der Waals surface area (Å²) in [6.45, 7) is 2.12. The molecule has 0 aromatic heterocycles. The lowest BCUT2D eigenvalue weighted by atomic mass is 10.1. The molecule has 0 aliphatic carbocycles. The van der Waals surface area contributed by atoms with E-state index in [1.165, 1.54) is 7.11 Å². The molecule has 0 fully saturated rings. The summed E-state index contributed by atoms with van der Waals surface area (Å²) in [6.07, 6.45) is 1.35. The first-order valence-corrected chi connectivity index (χ1v) is 6.33. The van der Waals surface area contributed by atoms with Gasteiger partial charge in [0.1, 0.15) is 5.56 Å². The van der Waals surface area contributed by atoms with Crippen molar-refractivity contribution in [3.8, 4) is 0 Å². The molecule has 0 radical (unpaired) electrons. The van der Waals surface area contributed by atoms with Gasteiger partial charge in [0.15, 0.2) is 11.6 Å². The fourth-order valence-corrected chi connectivity index (χ4v) is 1.88. The van der Waals surface area contributed by atoms with Gasteiger partial charge in [0, 0.05) is 7.11 Å². The minimum atomic E-state index is -1.37. The topological polar surface area (TPSA) is 81.5 Å². The summed E-state index contributed by atoms with van der Waals surface area (Å²) in [7, 11) is 1.45. The number of rotatable bonds is 7. The van der Waals surface area contributed by atoms with E-state index in [9.17, 15) is 23.7 Å².